The van der Waals surface area contributed by atoms with Crippen LogP contribution in [-0.2, 0) is 0 Å². The Morgan fingerprint density at radius 2 is 2.28 bits per heavy atom. The quantitative estimate of drug-likeness (QED) is 0.490. The summed E-state index contributed by atoms with van der Waals surface area (Å²) in [7, 11) is 0. The van der Waals surface area contributed by atoms with Crippen LogP contribution in [0.1, 0.15) is 16.8 Å². The number of hydrogen-bond donors (Lipinski definition) is 1. The molecule has 0 radical (unpaired) electrons. The second-order valence-corrected chi connectivity index (χ2v) is 5.38. The molecule has 1 amide bonds. The summed E-state index contributed by atoms with van der Waals surface area (Å²) < 4.78 is 0.590. The first-order valence-corrected chi connectivity index (χ1v) is 6.55. The number of carbonyl (C=O) groups is 1. The zero-order chi connectivity index (χ0) is 13.3. The van der Waals surface area contributed by atoms with Crippen molar-refractivity contribution in [2.45, 2.75) is 12.5 Å². The van der Waals surface area contributed by atoms with Crippen LogP contribution in [0.4, 0.5) is 5.69 Å². The Morgan fingerprint density at radius 3 is 2.78 bits per heavy atom. The summed E-state index contributed by atoms with van der Waals surface area (Å²) in [5.41, 5.74) is 6.25. The fourth-order valence-corrected chi connectivity index (χ4v) is 2.66. The molecule has 6 nitrogen and oxygen atoms in total. The first kappa shape index (κ1) is 13.2. The van der Waals surface area contributed by atoms with E-state index in [1.54, 1.807) is 4.90 Å². The van der Waals surface area contributed by atoms with Crippen molar-refractivity contribution in [3.8, 4) is 0 Å². The third-order valence-corrected chi connectivity index (χ3v) is 3.80. The summed E-state index contributed by atoms with van der Waals surface area (Å²) in [4.78, 5) is 24.0. The van der Waals surface area contributed by atoms with E-state index in [4.69, 9.17) is 5.73 Å². The molecule has 96 valence electrons. The van der Waals surface area contributed by atoms with E-state index in [1.807, 2.05) is 22.6 Å². The van der Waals surface area contributed by atoms with Crippen molar-refractivity contribution in [1.29, 1.82) is 0 Å². The Labute approximate surface area is 117 Å². The number of nitrogens with two attached hydrogens (primary N) is 1. The van der Waals surface area contributed by atoms with Crippen LogP contribution in [0.25, 0.3) is 0 Å². The second kappa shape index (κ2) is 5.19. The molecule has 1 atom stereocenters. The van der Waals surface area contributed by atoms with Gasteiger partial charge in [-0.15, -0.1) is 0 Å². The number of amides is 1. The van der Waals surface area contributed by atoms with Gasteiger partial charge in [-0.05, 0) is 35.1 Å². The normalized spacial score (nSPS) is 19.0. The molecule has 0 unspecified atom stereocenters. The number of rotatable bonds is 2. The lowest BCUT2D eigenvalue weighted by Gasteiger charge is -2.16. The Kier molecular flexibility index (Phi) is 3.81. The highest BCUT2D eigenvalue weighted by Gasteiger charge is 2.26. The molecule has 0 saturated carbocycles. The van der Waals surface area contributed by atoms with Gasteiger partial charge in [-0.2, -0.15) is 0 Å². The van der Waals surface area contributed by atoms with Gasteiger partial charge in [0.05, 0.1) is 10.5 Å². The largest absolute Gasteiger partial charge is 0.337 e. The fraction of sp³-hybridized carbons (Fsp3) is 0.364. The van der Waals surface area contributed by atoms with E-state index in [0.717, 1.165) is 6.42 Å². The van der Waals surface area contributed by atoms with Crippen LogP contribution >= 0.6 is 22.6 Å². The molecule has 0 spiro atoms. The van der Waals surface area contributed by atoms with E-state index in [0.29, 0.717) is 22.2 Å². The van der Waals surface area contributed by atoms with Gasteiger partial charge in [0.2, 0.25) is 0 Å². The van der Waals surface area contributed by atoms with Crippen molar-refractivity contribution in [2.75, 3.05) is 13.1 Å². The zero-order valence-corrected chi connectivity index (χ0v) is 11.7. The van der Waals surface area contributed by atoms with Crippen LogP contribution in [-0.4, -0.2) is 34.9 Å². The Bertz CT molecular complexity index is 506. The molecule has 1 aliphatic heterocycles. The average molecular weight is 361 g/mol. The molecule has 1 heterocycles. The highest BCUT2D eigenvalue weighted by molar-refractivity contribution is 14.1. The van der Waals surface area contributed by atoms with Crippen molar-refractivity contribution >= 4 is 34.2 Å². The highest BCUT2D eigenvalue weighted by atomic mass is 127. The standard InChI is InChI=1S/C11H12IN3O3/c12-10-5-8(15(17)18)1-2-9(10)11(16)14-4-3-7(13)6-14/h1-2,5,7H,3-4,6,13H2/t7-/m1/s1. The lowest BCUT2D eigenvalue weighted by atomic mass is 10.2. The Morgan fingerprint density at radius 1 is 1.56 bits per heavy atom. The molecule has 0 bridgehead atoms. The fourth-order valence-electron chi connectivity index (χ4n) is 1.93. The molecular formula is C11H12IN3O3. The molecule has 2 N–H and O–H groups in total. The van der Waals surface area contributed by atoms with Gasteiger partial charge < -0.3 is 10.6 Å². The van der Waals surface area contributed by atoms with Crippen molar-refractivity contribution in [1.82, 2.24) is 4.90 Å². The number of likely N-dealkylation sites (tertiary alicyclic amines) is 1. The molecule has 18 heavy (non-hydrogen) atoms. The van der Waals surface area contributed by atoms with Crippen molar-refractivity contribution in [2.24, 2.45) is 5.73 Å². The van der Waals surface area contributed by atoms with E-state index >= 15 is 0 Å². The smallest absolute Gasteiger partial charge is 0.270 e. The number of hydrogen-bond acceptors (Lipinski definition) is 4. The summed E-state index contributed by atoms with van der Waals surface area (Å²) in [6, 6.07) is 4.30. The number of non-ortho nitro benzene ring substituents is 1. The predicted octanol–water partition coefficient (Wildman–Crippen LogP) is 1.37. The van der Waals surface area contributed by atoms with Crippen LogP contribution in [0.5, 0.6) is 0 Å². The van der Waals surface area contributed by atoms with Crippen molar-refractivity contribution in [3.05, 3.63) is 37.4 Å². The van der Waals surface area contributed by atoms with Gasteiger partial charge in [-0.25, -0.2) is 0 Å². The van der Waals surface area contributed by atoms with E-state index in [9.17, 15) is 14.9 Å². The Hall–Kier alpha value is -1.22. The van der Waals surface area contributed by atoms with Gasteiger partial charge in [0.1, 0.15) is 0 Å². The number of nitrogens with zero attached hydrogens (tertiary/aromatic N) is 2. The first-order valence-electron chi connectivity index (χ1n) is 5.48. The predicted molar refractivity (Wildman–Crippen MR) is 74.3 cm³/mol. The SMILES string of the molecule is N[C@@H]1CCN(C(=O)c2ccc([N+](=O)[O-])cc2I)C1. The summed E-state index contributed by atoms with van der Waals surface area (Å²) in [6.07, 6.45) is 0.801. The Balaban J connectivity index is 2.23. The summed E-state index contributed by atoms with van der Waals surface area (Å²) in [6.45, 7) is 1.19. The molecule has 0 aliphatic carbocycles. The third-order valence-electron chi connectivity index (χ3n) is 2.91. The van der Waals surface area contributed by atoms with Gasteiger partial charge in [-0.1, -0.05) is 0 Å². The molecule has 1 fully saturated rings. The monoisotopic (exact) mass is 361 g/mol. The molecule has 7 heteroatoms. The topological polar surface area (TPSA) is 89.5 Å². The van der Waals surface area contributed by atoms with Crippen LogP contribution < -0.4 is 5.73 Å². The highest BCUT2D eigenvalue weighted by Crippen LogP contribution is 2.22. The van der Waals surface area contributed by atoms with Gasteiger partial charge in [-0.3, -0.25) is 14.9 Å². The van der Waals surface area contributed by atoms with Gasteiger partial charge in [0.25, 0.3) is 11.6 Å². The minimum Gasteiger partial charge on any atom is -0.337 e. The van der Waals surface area contributed by atoms with Crippen LogP contribution in [0, 0.1) is 13.7 Å². The average Bonchev–Trinajstić information content (AvgIpc) is 2.74. The third kappa shape index (κ3) is 2.61. The molecule has 2 rings (SSSR count). The zero-order valence-electron chi connectivity index (χ0n) is 9.51. The maximum Gasteiger partial charge on any atom is 0.270 e. The molecular weight excluding hydrogens is 349 g/mol. The van der Waals surface area contributed by atoms with Crippen LogP contribution in [0.2, 0.25) is 0 Å². The molecule has 1 aromatic carbocycles. The van der Waals surface area contributed by atoms with E-state index in [2.05, 4.69) is 0 Å². The van der Waals surface area contributed by atoms with Crippen LogP contribution in [0.15, 0.2) is 18.2 Å². The summed E-state index contributed by atoms with van der Waals surface area (Å²) >= 11 is 1.94. The molecule has 1 saturated heterocycles. The molecule has 1 aromatic rings. The second-order valence-electron chi connectivity index (χ2n) is 4.22. The number of nitro benzene ring substituents is 1. The van der Waals surface area contributed by atoms with Crippen molar-refractivity contribution < 1.29 is 9.72 Å². The minimum atomic E-state index is -0.470. The van der Waals surface area contributed by atoms with Gasteiger partial charge >= 0.3 is 0 Å². The van der Waals surface area contributed by atoms with E-state index in [1.165, 1.54) is 18.2 Å². The molecule has 0 aromatic heterocycles. The number of nitro groups is 1. The summed E-state index contributed by atoms with van der Waals surface area (Å²) in [5, 5.41) is 10.6. The lowest BCUT2D eigenvalue weighted by Crippen LogP contribution is -2.32. The number of carbonyl (C=O) groups excluding carboxylic acids is 1. The maximum absolute atomic E-state index is 12.2. The summed E-state index contributed by atoms with van der Waals surface area (Å²) in [5.74, 6) is -0.109. The van der Waals surface area contributed by atoms with E-state index in [-0.39, 0.29) is 17.6 Å². The molecule has 1 aliphatic rings. The number of benzene rings is 1. The number of halogens is 1. The maximum atomic E-state index is 12.2. The minimum absolute atomic E-state index is 0.00549. The van der Waals surface area contributed by atoms with Gasteiger partial charge in [0.15, 0.2) is 0 Å². The van der Waals surface area contributed by atoms with Crippen molar-refractivity contribution in [3.63, 3.8) is 0 Å². The first-order chi connectivity index (χ1) is 8.49. The van der Waals surface area contributed by atoms with Gasteiger partial charge in [0, 0.05) is 34.8 Å². The van der Waals surface area contributed by atoms with E-state index < -0.39 is 4.92 Å². The van der Waals surface area contributed by atoms with Crippen LogP contribution in [0.3, 0.4) is 0 Å². The lowest BCUT2D eigenvalue weighted by molar-refractivity contribution is -0.384.